The number of fused-ring (bicyclic) bond motifs is 9. The highest BCUT2D eigenvalue weighted by atomic mass is 32.1. The summed E-state index contributed by atoms with van der Waals surface area (Å²) in [5.74, 6) is 0. The van der Waals surface area contributed by atoms with Crippen LogP contribution in [0.4, 0.5) is 0 Å². The molecule has 0 amide bonds. The Hall–Kier alpha value is -4.76. The van der Waals surface area contributed by atoms with Crippen LogP contribution in [0.5, 0.6) is 0 Å². The monoisotopic (exact) mass is 594 g/mol. The molecule has 0 bridgehead atoms. The molecule has 0 spiro atoms. The van der Waals surface area contributed by atoms with Crippen molar-refractivity contribution in [2.45, 2.75) is 12.8 Å². The molecule has 2 aromatic heterocycles. The first kappa shape index (κ1) is 24.7. The molecule has 2 heterocycles. The van der Waals surface area contributed by atoms with Crippen molar-refractivity contribution in [1.82, 2.24) is 0 Å². The Morgan fingerprint density at radius 1 is 0.432 bits per heavy atom. The van der Waals surface area contributed by atoms with Crippen LogP contribution in [0.25, 0.3) is 90.9 Å². The van der Waals surface area contributed by atoms with Gasteiger partial charge in [-0.2, -0.15) is 0 Å². The van der Waals surface area contributed by atoms with E-state index in [9.17, 15) is 0 Å². The fourth-order valence-corrected chi connectivity index (χ4v) is 9.87. The molecule has 9 aromatic rings. The predicted octanol–water partition coefficient (Wildman–Crippen LogP) is 13.0. The van der Waals surface area contributed by atoms with Crippen LogP contribution < -0.4 is 0 Å². The number of rotatable bonds is 2. The number of aryl methyl sites for hydroxylation is 1. The van der Waals surface area contributed by atoms with E-state index in [1.807, 2.05) is 22.7 Å². The largest absolute Gasteiger partial charge is 0.140 e. The van der Waals surface area contributed by atoms with Gasteiger partial charge in [0.2, 0.25) is 0 Å². The van der Waals surface area contributed by atoms with Crippen molar-refractivity contribution in [2.24, 2.45) is 0 Å². The van der Waals surface area contributed by atoms with E-state index in [4.69, 9.17) is 0 Å². The average Bonchev–Trinajstić information content (AvgIpc) is 3.63. The summed E-state index contributed by atoms with van der Waals surface area (Å²) in [7, 11) is 0. The maximum Gasteiger partial charge on any atom is 0.0361 e. The summed E-state index contributed by atoms with van der Waals surface area (Å²) in [6.45, 7) is 0. The summed E-state index contributed by atoms with van der Waals surface area (Å²) in [6.07, 6.45) is 6.95. The van der Waals surface area contributed by atoms with E-state index < -0.39 is 0 Å². The third-order valence-electron chi connectivity index (χ3n) is 9.47. The first-order valence-corrected chi connectivity index (χ1v) is 16.9. The lowest BCUT2D eigenvalue weighted by Crippen LogP contribution is -1.91. The Labute approximate surface area is 263 Å². The number of benzene rings is 7. The first-order valence-electron chi connectivity index (χ1n) is 15.3. The van der Waals surface area contributed by atoms with Gasteiger partial charge in [-0.1, -0.05) is 103 Å². The van der Waals surface area contributed by atoms with Gasteiger partial charge in [0.15, 0.2) is 0 Å². The fraction of sp³-hybridized carbons (Fsp3) is 0.0476. The van der Waals surface area contributed by atoms with Crippen molar-refractivity contribution in [1.29, 1.82) is 0 Å². The van der Waals surface area contributed by atoms with Gasteiger partial charge in [0.25, 0.3) is 0 Å². The van der Waals surface area contributed by atoms with Gasteiger partial charge < -0.3 is 0 Å². The van der Waals surface area contributed by atoms with Gasteiger partial charge >= 0.3 is 0 Å². The van der Waals surface area contributed by atoms with Crippen LogP contribution in [-0.2, 0) is 6.42 Å². The van der Waals surface area contributed by atoms with Crippen molar-refractivity contribution < 1.29 is 0 Å². The zero-order valence-corrected chi connectivity index (χ0v) is 25.6. The molecule has 0 N–H and O–H groups in total. The van der Waals surface area contributed by atoms with Gasteiger partial charge in [-0.3, -0.25) is 0 Å². The van der Waals surface area contributed by atoms with Crippen LogP contribution in [0.1, 0.15) is 16.9 Å². The quantitative estimate of drug-likeness (QED) is 0.175. The van der Waals surface area contributed by atoms with Crippen molar-refractivity contribution in [3.05, 3.63) is 138 Å². The Balaban J connectivity index is 1.32. The third kappa shape index (κ3) is 3.56. The van der Waals surface area contributed by atoms with Gasteiger partial charge in [-0.15, -0.1) is 22.7 Å². The van der Waals surface area contributed by atoms with E-state index in [-0.39, 0.29) is 0 Å². The minimum absolute atomic E-state index is 1.14. The third-order valence-corrected chi connectivity index (χ3v) is 11.8. The highest BCUT2D eigenvalue weighted by Gasteiger charge is 2.20. The Morgan fingerprint density at radius 3 is 1.70 bits per heavy atom. The van der Waals surface area contributed by atoms with E-state index in [2.05, 4.69) is 133 Å². The lowest BCUT2D eigenvalue weighted by Gasteiger charge is -2.19. The Bertz CT molecular complexity index is 2660. The molecule has 0 saturated carbocycles. The SMILES string of the molecule is C1=Cc2c(sc3cc(-c4c5ccccc5c(-c5ccc6c(c5)sc5ccccc56)c5cc6ccccc6cc45)ccc23)CC1. The zero-order valence-electron chi connectivity index (χ0n) is 23.9. The average molecular weight is 595 g/mol. The van der Waals surface area contributed by atoms with Gasteiger partial charge in [-0.05, 0) is 109 Å². The van der Waals surface area contributed by atoms with Crippen LogP contribution in [0.3, 0.4) is 0 Å². The molecule has 2 heteroatoms. The van der Waals surface area contributed by atoms with Crippen molar-refractivity contribution in [3.8, 4) is 22.3 Å². The summed E-state index contributed by atoms with van der Waals surface area (Å²) in [5, 5.41) is 11.9. The van der Waals surface area contributed by atoms with Crippen molar-refractivity contribution >= 4 is 91.3 Å². The van der Waals surface area contributed by atoms with Gasteiger partial charge in [-0.25, -0.2) is 0 Å². The molecule has 0 nitrogen and oxygen atoms in total. The molecule has 0 unspecified atom stereocenters. The van der Waals surface area contributed by atoms with E-state index in [1.165, 1.54) is 95.3 Å². The maximum absolute atomic E-state index is 2.45. The van der Waals surface area contributed by atoms with Crippen LogP contribution in [0, 0.1) is 0 Å². The van der Waals surface area contributed by atoms with Crippen LogP contribution in [-0.4, -0.2) is 0 Å². The molecule has 1 aliphatic carbocycles. The molecule has 206 valence electrons. The molecular weight excluding hydrogens is 569 g/mol. The lowest BCUT2D eigenvalue weighted by atomic mass is 9.84. The summed E-state index contributed by atoms with van der Waals surface area (Å²) in [6, 6.07) is 45.8. The molecular formula is C42H26S2. The smallest absolute Gasteiger partial charge is 0.0361 e. The second-order valence-electron chi connectivity index (χ2n) is 11.9. The minimum Gasteiger partial charge on any atom is -0.140 e. The molecule has 10 rings (SSSR count). The van der Waals surface area contributed by atoms with Gasteiger partial charge in [0.1, 0.15) is 0 Å². The topological polar surface area (TPSA) is 0 Å². The van der Waals surface area contributed by atoms with Crippen molar-refractivity contribution in [3.63, 3.8) is 0 Å². The number of hydrogen-bond acceptors (Lipinski definition) is 2. The zero-order chi connectivity index (χ0) is 28.8. The first-order chi connectivity index (χ1) is 21.8. The van der Waals surface area contributed by atoms with Crippen LogP contribution >= 0.6 is 22.7 Å². The fourth-order valence-electron chi connectivity index (χ4n) is 7.47. The summed E-state index contributed by atoms with van der Waals surface area (Å²) in [5.41, 5.74) is 6.65. The maximum atomic E-state index is 2.45. The number of hydrogen-bond donors (Lipinski definition) is 0. The molecule has 1 aliphatic rings. The van der Waals surface area contributed by atoms with E-state index in [0.717, 1.165) is 12.8 Å². The molecule has 0 radical (unpaired) electrons. The molecule has 7 aromatic carbocycles. The van der Waals surface area contributed by atoms with E-state index in [0.29, 0.717) is 0 Å². The van der Waals surface area contributed by atoms with E-state index in [1.54, 1.807) is 0 Å². The molecule has 44 heavy (non-hydrogen) atoms. The Morgan fingerprint density at radius 2 is 1.00 bits per heavy atom. The second kappa shape index (κ2) is 9.37. The molecule has 0 aliphatic heterocycles. The summed E-state index contributed by atoms with van der Waals surface area (Å²) in [4.78, 5) is 1.52. The highest BCUT2D eigenvalue weighted by Crippen LogP contribution is 2.47. The number of thiophene rings is 2. The predicted molar refractivity (Wildman–Crippen MR) is 195 cm³/mol. The standard InChI is InChI=1S/C42H26S2/c1-2-10-26-22-36-35(21-25(26)9-1)41(27-17-19-31-29-11-5-7-15-37(29)43-39(31)23-27)33-13-3-4-14-34(33)42(36)28-18-20-32-30-12-6-8-16-38(30)44-40(32)24-28/h1-7,9-15,17-24H,8,16H2. The number of allylic oxidation sites excluding steroid dienone is 1. The van der Waals surface area contributed by atoms with E-state index >= 15 is 0 Å². The molecule has 0 fully saturated rings. The summed E-state index contributed by atoms with van der Waals surface area (Å²) < 4.78 is 4.07. The van der Waals surface area contributed by atoms with Crippen LogP contribution in [0.15, 0.2) is 127 Å². The molecule has 0 atom stereocenters. The Kier molecular flexibility index (Phi) is 5.25. The lowest BCUT2D eigenvalue weighted by molar-refractivity contribution is 1.02. The normalized spacial score (nSPS) is 13.2. The summed E-state index contributed by atoms with van der Waals surface area (Å²) >= 11 is 3.87. The highest BCUT2D eigenvalue weighted by molar-refractivity contribution is 7.25. The molecule has 0 saturated heterocycles. The second-order valence-corrected chi connectivity index (χ2v) is 14.2. The van der Waals surface area contributed by atoms with Crippen LogP contribution in [0.2, 0.25) is 0 Å². The van der Waals surface area contributed by atoms with Gasteiger partial charge in [0.05, 0.1) is 0 Å². The minimum atomic E-state index is 1.14. The van der Waals surface area contributed by atoms with Gasteiger partial charge in [0, 0.05) is 29.7 Å². The van der Waals surface area contributed by atoms with Crippen molar-refractivity contribution in [2.75, 3.05) is 0 Å².